The largest absolute Gasteiger partial charge is 0.472 e. The molecule has 0 amide bonds. The van der Waals surface area contributed by atoms with Gasteiger partial charge in [-0.05, 0) is 9.91 Å². The van der Waals surface area contributed by atoms with E-state index in [0.717, 1.165) is 6.20 Å². The number of halogens is 1. The first kappa shape index (κ1) is 8.66. The Morgan fingerprint density at radius 3 is 2.92 bits per heavy atom. The van der Waals surface area contributed by atoms with Crippen molar-refractivity contribution in [3.05, 3.63) is 21.3 Å². The Kier molecular flexibility index (Phi) is 2.39. The van der Waals surface area contributed by atoms with Gasteiger partial charge in [0.05, 0.1) is 7.11 Å². The van der Waals surface area contributed by atoms with E-state index in [2.05, 4.69) is 14.7 Å². The molecule has 0 aliphatic heterocycles. The molecule has 1 heterocycles. The molecule has 6 nitrogen and oxygen atoms in total. The molecule has 12 heavy (non-hydrogen) atoms. The predicted molar refractivity (Wildman–Crippen MR) is 40.2 cm³/mol. The minimum Gasteiger partial charge on any atom is -0.468 e. The van der Waals surface area contributed by atoms with Crippen molar-refractivity contribution in [1.29, 1.82) is 0 Å². The van der Waals surface area contributed by atoms with Crippen LogP contribution in [0.1, 0.15) is 0 Å². The van der Waals surface area contributed by atoms with E-state index in [1.165, 1.54) is 7.11 Å². The Hall–Kier alpha value is -1.43. The van der Waals surface area contributed by atoms with Crippen LogP contribution in [0.2, 0.25) is 5.02 Å². The molecule has 0 atom stereocenters. The van der Waals surface area contributed by atoms with Crippen molar-refractivity contribution in [3.63, 3.8) is 0 Å². The number of nitro groups is 1. The van der Waals surface area contributed by atoms with E-state index in [0.29, 0.717) is 0 Å². The molecule has 0 aliphatic rings. The first-order chi connectivity index (χ1) is 5.65. The zero-order valence-corrected chi connectivity index (χ0v) is 6.78. The SMILES string of the molecule is COc1nc([N+](=O)[O-])ncc1Cl. The quantitative estimate of drug-likeness (QED) is 0.513. The fourth-order valence-corrected chi connectivity index (χ4v) is 0.742. The zero-order valence-electron chi connectivity index (χ0n) is 6.02. The average Bonchev–Trinajstić information content (AvgIpc) is 2.05. The minimum atomic E-state index is -0.723. The predicted octanol–water partition coefficient (Wildman–Crippen LogP) is 1.05. The summed E-state index contributed by atoms with van der Waals surface area (Å²) in [6.07, 6.45) is 1.12. The molecule has 1 aromatic rings. The summed E-state index contributed by atoms with van der Waals surface area (Å²) in [6.45, 7) is 0. The van der Waals surface area contributed by atoms with E-state index < -0.39 is 10.9 Å². The third kappa shape index (κ3) is 1.59. The smallest absolute Gasteiger partial charge is 0.468 e. The Morgan fingerprint density at radius 1 is 1.75 bits per heavy atom. The number of aromatic nitrogens is 2. The van der Waals surface area contributed by atoms with E-state index in [-0.39, 0.29) is 10.9 Å². The van der Waals surface area contributed by atoms with Crippen LogP contribution in [0.15, 0.2) is 6.20 Å². The Morgan fingerprint density at radius 2 is 2.42 bits per heavy atom. The van der Waals surface area contributed by atoms with Crippen LogP contribution >= 0.6 is 11.6 Å². The first-order valence-corrected chi connectivity index (χ1v) is 3.24. The summed E-state index contributed by atoms with van der Waals surface area (Å²) >= 11 is 5.53. The molecule has 0 N–H and O–H groups in total. The van der Waals surface area contributed by atoms with Crippen LogP contribution in [0, 0.1) is 10.1 Å². The maximum atomic E-state index is 10.2. The lowest BCUT2D eigenvalue weighted by molar-refractivity contribution is -0.394. The van der Waals surface area contributed by atoms with Crippen molar-refractivity contribution in [1.82, 2.24) is 9.97 Å². The Labute approximate surface area is 72.3 Å². The van der Waals surface area contributed by atoms with E-state index in [9.17, 15) is 10.1 Å². The lowest BCUT2D eigenvalue weighted by Gasteiger charge is -1.95. The van der Waals surface area contributed by atoms with Crippen molar-refractivity contribution in [2.45, 2.75) is 0 Å². The molecule has 1 rings (SSSR count). The number of methoxy groups -OCH3 is 1. The highest BCUT2D eigenvalue weighted by Gasteiger charge is 2.15. The molecule has 0 aliphatic carbocycles. The summed E-state index contributed by atoms with van der Waals surface area (Å²) in [6, 6.07) is 0. The van der Waals surface area contributed by atoms with Crippen molar-refractivity contribution in [2.24, 2.45) is 0 Å². The molecule has 0 unspecified atom stereocenters. The van der Waals surface area contributed by atoms with Gasteiger partial charge in [0.15, 0.2) is 5.02 Å². The third-order valence-corrected chi connectivity index (χ3v) is 1.32. The van der Waals surface area contributed by atoms with Crippen molar-refractivity contribution in [3.8, 4) is 5.88 Å². The molecular formula is C5H4ClN3O3. The van der Waals surface area contributed by atoms with Crippen molar-refractivity contribution < 1.29 is 9.66 Å². The van der Waals surface area contributed by atoms with Crippen LogP contribution < -0.4 is 4.74 Å². The number of hydrogen-bond donors (Lipinski definition) is 0. The number of nitrogens with zero attached hydrogens (tertiary/aromatic N) is 3. The van der Waals surface area contributed by atoms with Gasteiger partial charge in [-0.3, -0.25) is 0 Å². The van der Waals surface area contributed by atoms with E-state index in [1.807, 2.05) is 0 Å². The molecular weight excluding hydrogens is 186 g/mol. The van der Waals surface area contributed by atoms with Gasteiger partial charge in [0.25, 0.3) is 0 Å². The van der Waals surface area contributed by atoms with E-state index >= 15 is 0 Å². The second-order valence-electron chi connectivity index (χ2n) is 1.78. The van der Waals surface area contributed by atoms with E-state index in [4.69, 9.17) is 11.6 Å². The normalized spacial score (nSPS) is 9.50. The van der Waals surface area contributed by atoms with Crippen molar-refractivity contribution >= 4 is 17.5 Å². The summed E-state index contributed by atoms with van der Waals surface area (Å²) in [4.78, 5) is 16.2. The van der Waals surface area contributed by atoms with Crippen LogP contribution in [0.25, 0.3) is 0 Å². The van der Waals surface area contributed by atoms with Crippen LogP contribution in [-0.2, 0) is 0 Å². The summed E-state index contributed by atoms with van der Waals surface area (Å²) in [5.74, 6) is -0.533. The molecule has 7 heteroatoms. The highest BCUT2D eigenvalue weighted by Crippen LogP contribution is 2.21. The summed E-state index contributed by atoms with van der Waals surface area (Å²) in [5.41, 5.74) is 0. The van der Waals surface area contributed by atoms with Gasteiger partial charge < -0.3 is 14.9 Å². The zero-order chi connectivity index (χ0) is 9.14. The number of hydrogen-bond acceptors (Lipinski definition) is 5. The van der Waals surface area contributed by atoms with Crippen LogP contribution in [0.3, 0.4) is 0 Å². The second-order valence-corrected chi connectivity index (χ2v) is 2.19. The van der Waals surface area contributed by atoms with Gasteiger partial charge >= 0.3 is 11.8 Å². The highest BCUT2D eigenvalue weighted by atomic mass is 35.5. The topological polar surface area (TPSA) is 78.2 Å². The van der Waals surface area contributed by atoms with Gasteiger partial charge in [0, 0.05) is 0 Å². The molecule has 0 radical (unpaired) electrons. The Bertz CT molecular complexity index is 317. The maximum Gasteiger partial charge on any atom is 0.472 e. The van der Waals surface area contributed by atoms with Gasteiger partial charge in [-0.15, -0.1) is 0 Å². The molecule has 0 bridgehead atoms. The van der Waals surface area contributed by atoms with E-state index in [1.54, 1.807) is 0 Å². The average molecular weight is 190 g/mol. The maximum absolute atomic E-state index is 10.2. The standard InChI is InChI=1S/C5H4ClN3O3/c1-12-4-3(6)2-7-5(8-4)9(10)11/h2H,1H3. The molecule has 0 saturated carbocycles. The van der Waals surface area contributed by atoms with Gasteiger partial charge in [0.2, 0.25) is 0 Å². The molecule has 1 aromatic heterocycles. The van der Waals surface area contributed by atoms with Gasteiger partial charge in [-0.25, -0.2) is 0 Å². The lowest BCUT2D eigenvalue weighted by atomic mass is 10.6. The van der Waals surface area contributed by atoms with Gasteiger partial charge in [-0.2, -0.15) is 0 Å². The number of ether oxygens (including phenoxy) is 1. The van der Waals surface area contributed by atoms with Crippen LogP contribution in [-0.4, -0.2) is 22.0 Å². The van der Waals surface area contributed by atoms with Crippen molar-refractivity contribution in [2.75, 3.05) is 7.11 Å². The summed E-state index contributed by atoms with van der Waals surface area (Å²) in [5, 5.41) is 10.3. The molecule has 0 saturated heterocycles. The third-order valence-electron chi connectivity index (χ3n) is 1.06. The molecule has 64 valence electrons. The monoisotopic (exact) mass is 189 g/mol. The fraction of sp³-hybridized carbons (Fsp3) is 0.200. The van der Waals surface area contributed by atoms with Gasteiger partial charge in [0.1, 0.15) is 6.20 Å². The number of rotatable bonds is 2. The summed E-state index contributed by atoms with van der Waals surface area (Å²) in [7, 11) is 1.32. The molecule has 0 fully saturated rings. The highest BCUT2D eigenvalue weighted by molar-refractivity contribution is 6.31. The minimum absolute atomic E-state index is 0.00151. The van der Waals surface area contributed by atoms with Crippen LogP contribution in [0.4, 0.5) is 5.95 Å². The fourth-order valence-electron chi connectivity index (χ4n) is 0.574. The molecule has 0 aromatic carbocycles. The summed E-state index contributed by atoms with van der Waals surface area (Å²) < 4.78 is 4.65. The lowest BCUT2D eigenvalue weighted by Crippen LogP contribution is -1.98. The van der Waals surface area contributed by atoms with Crippen LogP contribution in [0.5, 0.6) is 5.88 Å². The first-order valence-electron chi connectivity index (χ1n) is 2.86. The van der Waals surface area contributed by atoms with Gasteiger partial charge in [-0.1, -0.05) is 16.6 Å². The molecule has 0 spiro atoms. The Balaban J connectivity index is 3.13. The second kappa shape index (κ2) is 3.31.